The Bertz CT molecular complexity index is 1610. The Morgan fingerprint density at radius 2 is 2.02 bits per heavy atom. The standard InChI is InChI=1S/C25H33N9O10S2/c1-25(2)19(21(36)34(25)44-46(39,40)41)32-20(35)18(16-12-45-23(27)31-16)33-43-17(22(37)38)11-42-15-5-3-13(4-6-15)14-9-29-24(30-10-14)28-8-7-26/h3-6,12,14,17,19H,7-11,26H2,1-2H3,(H2,27,31)(H,32,35)(H,37,38)(H2,28,29,30)(H,39,40,41)/b33-18-/t17?,19-/m1/s1. The number of ether oxygens (including phenoxy) is 1. The van der Waals surface area contributed by atoms with Crippen LogP contribution in [0.2, 0.25) is 0 Å². The van der Waals surface area contributed by atoms with Gasteiger partial charge in [-0.2, -0.15) is 13.5 Å². The van der Waals surface area contributed by atoms with Gasteiger partial charge in [-0.15, -0.1) is 15.6 Å². The van der Waals surface area contributed by atoms with Crippen molar-refractivity contribution in [3.8, 4) is 5.75 Å². The number of benzene rings is 1. The number of β-lactam (4-membered cyclic amide) rings is 1. The van der Waals surface area contributed by atoms with Crippen LogP contribution in [-0.4, -0.2) is 108 Å². The summed E-state index contributed by atoms with van der Waals surface area (Å²) in [5.74, 6) is -2.30. The van der Waals surface area contributed by atoms with Gasteiger partial charge in [-0.25, -0.2) is 9.78 Å². The first-order chi connectivity index (χ1) is 21.7. The Kier molecular flexibility index (Phi) is 10.6. The Balaban J connectivity index is 1.40. The van der Waals surface area contributed by atoms with E-state index in [2.05, 4.69) is 35.4 Å². The molecule has 1 aromatic carbocycles. The Hall–Kier alpha value is -4.57. The fraction of sp³-hybridized carbons (Fsp3) is 0.440. The summed E-state index contributed by atoms with van der Waals surface area (Å²) in [6, 6.07) is 5.70. The zero-order valence-corrected chi connectivity index (χ0v) is 26.2. The molecule has 19 nitrogen and oxygen atoms in total. The highest BCUT2D eigenvalue weighted by Gasteiger charge is 2.58. The maximum atomic E-state index is 13.2. The lowest BCUT2D eigenvalue weighted by Crippen LogP contribution is -2.76. The average molecular weight is 684 g/mol. The van der Waals surface area contributed by atoms with Crippen molar-refractivity contribution in [3.63, 3.8) is 0 Å². The number of oxime groups is 1. The van der Waals surface area contributed by atoms with Crippen LogP contribution in [0.1, 0.15) is 31.0 Å². The van der Waals surface area contributed by atoms with Crippen molar-refractivity contribution >= 4 is 56.3 Å². The first-order valence-electron chi connectivity index (χ1n) is 13.6. The van der Waals surface area contributed by atoms with Gasteiger partial charge in [0.25, 0.3) is 17.9 Å². The third-order valence-electron chi connectivity index (χ3n) is 6.82. The molecule has 0 spiro atoms. The van der Waals surface area contributed by atoms with Crippen LogP contribution in [0.3, 0.4) is 0 Å². The second kappa shape index (κ2) is 14.2. The number of aromatic nitrogens is 1. The predicted molar refractivity (Wildman–Crippen MR) is 163 cm³/mol. The number of amides is 2. The van der Waals surface area contributed by atoms with Crippen molar-refractivity contribution in [1.82, 2.24) is 26.0 Å². The molecule has 1 saturated heterocycles. The van der Waals surface area contributed by atoms with Gasteiger partial charge in [0.05, 0.1) is 12.1 Å². The third kappa shape index (κ3) is 8.37. The summed E-state index contributed by atoms with van der Waals surface area (Å²) in [4.78, 5) is 51.2. The monoisotopic (exact) mass is 683 g/mol. The number of carbonyl (C=O) groups excluding carboxylic acids is 2. The van der Waals surface area contributed by atoms with Crippen LogP contribution in [-0.2, 0) is 33.9 Å². The fourth-order valence-electron chi connectivity index (χ4n) is 4.37. The number of nitrogens with zero attached hydrogens (tertiary/aromatic N) is 4. The number of guanidine groups is 1. The number of hydrogen-bond donors (Lipinski definition) is 7. The third-order valence-corrected chi connectivity index (χ3v) is 7.83. The molecule has 46 heavy (non-hydrogen) atoms. The lowest BCUT2D eigenvalue weighted by atomic mass is 9.84. The molecule has 0 aliphatic carbocycles. The number of anilines is 1. The fourth-order valence-corrected chi connectivity index (χ4v) is 5.37. The van der Waals surface area contributed by atoms with Crippen LogP contribution in [0.25, 0.3) is 0 Å². The summed E-state index contributed by atoms with van der Waals surface area (Å²) in [6.07, 6.45) is -1.67. The van der Waals surface area contributed by atoms with E-state index in [-0.39, 0.29) is 16.7 Å². The van der Waals surface area contributed by atoms with Crippen molar-refractivity contribution in [1.29, 1.82) is 0 Å². The number of nitrogens with one attached hydrogen (secondary N) is 3. The maximum absolute atomic E-state index is 13.2. The van der Waals surface area contributed by atoms with E-state index in [1.54, 1.807) is 12.1 Å². The van der Waals surface area contributed by atoms with Gasteiger partial charge in [-0.1, -0.05) is 17.3 Å². The summed E-state index contributed by atoms with van der Waals surface area (Å²) in [6.45, 7) is 4.56. The second-order valence-corrected chi connectivity index (χ2v) is 12.4. The molecule has 3 atom stereocenters. The van der Waals surface area contributed by atoms with E-state index in [1.165, 1.54) is 19.2 Å². The molecule has 21 heteroatoms. The van der Waals surface area contributed by atoms with Gasteiger partial charge in [-0.05, 0) is 31.5 Å². The van der Waals surface area contributed by atoms with Crippen LogP contribution in [0.4, 0.5) is 5.13 Å². The molecule has 0 bridgehead atoms. The summed E-state index contributed by atoms with van der Waals surface area (Å²) in [7, 11) is -5.01. The molecule has 2 aliphatic rings. The minimum atomic E-state index is -5.01. The van der Waals surface area contributed by atoms with Gasteiger partial charge in [0.2, 0.25) is 0 Å². The number of hydroxylamine groups is 2. The summed E-state index contributed by atoms with van der Waals surface area (Å²) < 4.78 is 41.0. The average Bonchev–Trinajstić information content (AvgIpc) is 3.44. The Morgan fingerprint density at radius 1 is 1.30 bits per heavy atom. The van der Waals surface area contributed by atoms with E-state index in [9.17, 15) is 27.9 Å². The van der Waals surface area contributed by atoms with Crippen LogP contribution in [0.15, 0.2) is 39.8 Å². The Morgan fingerprint density at radius 3 is 2.57 bits per heavy atom. The number of rotatable bonds is 14. The normalized spacial score (nSPS) is 20.1. The Labute approximate surface area is 266 Å². The SMILES string of the molecule is CC1(C)[C@H](NC(=O)/C(=N\OC(COc2ccc(C3CN=C(NCCN)NC3)cc2)C(=O)O)c2csc(N)n2)C(=O)N1OS(=O)(=O)O. The van der Waals surface area contributed by atoms with E-state index >= 15 is 0 Å². The molecule has 2 aliphatic heterocycles. The van der Waals surface area contributed by atoms with Crippen molar-refractivity contribution in [2.24, 2.45) is 15.9 Å². The molecule has 0 saturated carbocycles. The quantitative estimate of drug-likeness (QED) is 0.0511. The van der Waals surface area contributed by atoms with Gasteiger partial charge >= 0.3 is 16.4 Å². The zero-order chi connectivity index (χ0) is 33.6. The number of carbonyl (C=O) groups is 3. The van der Waals surface area contributed by atoms with E-state index in [4.69, 9.17) is 25.6 Å². The predicted octanol–water partition coefficient (Wildman–Crippen LogP) is -1.59. The lowest BCUT2D eigenvalue weighted by Gasteiger charge is -2.50. The molecule has 2 unspecified atom stereocenters. The van der Waals surface area contributed by atoms with Gasteiger partial charge < -0.3 is 42.1 Å². The van der Waals surface area contributed by atoms with Crippen molar-refractivity contribution in [2.45, 2.75) is 37.5 Å². The summed E-state index contributed by atoms with van der Waals surface area (Å²) in [5.41, 5.74) is 10.2. The highest BCUT2D eigenvalue weighted by molar-refractivity contribution is 7.80. The molecular weight excluding hydrogens is 650 g/mol. The number of aliphatic carboxylic acids is 1. The summed E-state index contributed by atoms with van der Waals surface area (Å²) >= 11 is 0.959. The molecule has 4 rings (SSSR count). The molecular formula is C25H33N9O10S2. The van der Waals surface area contributed by atoms with E-state index in [0.29, 0.717) is 43.0 Å². The van der Waals surface area contributed by atoms with E-state index < -0.39 is 58.2 Å². The summed E-state index contributed by atoms with van der Waals surface area (Å²) in [5, 5.41) is 23.9. The number of aliphatic imine (C=N–C) groups is 1. The molecule has 2 aromatic rings. The number of nitrogens with two attached hydrogens (primary N) is 2. The molecule has 9 N–H and O–H groups in total. The lowest BCUT2D eigenvalue weighted by molar-refractivity contribution is -0.218. The second-order valence-electron chi connectivity index (χ2n) is 10.5. The van der Waals surface area contributed by atoms with E-state index in [0.717, 1.165) is 16.9 Å². The molecule has 3 heterocycles. The molecule has 0 radical (unpaired) electrons. The van der Waals surface area contributed by atoms with Gasteiger partial charge in [0.15, 0.2) is 16.8 Å². The number of hydrogen-bond acceptors (Lipinski definition) is 16. The van der Waals surface area contributed by atoms with Gasteiger partial charge in [-0.3, -0.25) is 19.1 Å². The largest absolute Gasteiger partial charge is 0.489 e. The number of thiazole rings is 1. The van der Waals surface area contributed by atoms with Gasteiger partial charge in [0, 0.05) is 30.9 Å². The van der Waals surface area contributed by atoms with Crippen molar-refractivity contribution in [2.75, 3.05) is 38.5 Å². The highest BCUT2D eigenvalue weighted by atomic mass is 32.3. The smallest absolute Gasteiger partial charge is 0.418 e. The number of carboxylic acids is 1. The van der Waals surface area contributed by atoms with Crippen LogP contribution in [0, 0.1) is 0 Å². The number of nitrogen functional groups attached to an aromatic ring is 1. The van der Waals surface area contributed by atoms with Gasteiger partial charge in [0.1, 0.15) is 24.1 Å². The first-order valence-corrected chi connectivity index (χ1v) is 15.9. The molecule has 1 aromatic heterocycles. The maximum Gasteiger partial charge on any atom is 0.418 e. The first kappa shape index (κ1) is 34.3. The molecule has 2 amide bonds. The zero-order valence-electron chi connectivity index (χ0n) is 24.6. The number of carboxylic acid groups (broad SMARTS) is 1. The van der Waals surface area contributed by atoms with Crippen LogP contribution in [0.5, 0.6) is 5.75 Å². The van der Waals surface area contributed by atoms with E-state index in [1.807, 2.05) is 12.1 Å². The topological polar surface area (TPSA) is 282 Å². The minimum absolute atomic E-state index is 0.0596. The van der Waals surface area contributed by atoms with Crippen LogP contribution >= 0.6 is 11.3 Å². The molecule has 1 fully saturated rings. The van der Waals surface area contributed by atoms with Crippen molar-refractivity contribution in [3.05, 3.63) is 40.9 Å². The minimum Gasteiger partial charge on any atom is -0.489 e. The van der Waals surface area contributed by atoms with Crippen molar-refractivity contribution < 1.29 is 46.3 Å². The van der Waals surface area contributed by atoms with Crippen LogP contribution < -0.4 is 32.2 Å². The highest BCUT2D eigenvalue weighted by Crippen LogP contribution is 2.33. The molecule has 250 valence electrons.